The van der Waals surface area contributed by atoms with E-state index in [2.05, 4.69) is 26.4 Å². The summed E-state index contributed by atoms with van der Waals surface area (Å²) in [5.41, 5.74) is -1.63. The number of hydrogen-bond donors (Lipinski definition) is 2. The minimum absolute atomic E-state index is 0.00616. The van der Waals surface area contributed by atoms with Crippen LogP contribution in [0.3, 0.4) is 0 Å². The number of alkyl halides is 1. The summed E-state index contributed by atoms with van der Waals surface area (Å²) in [6.07, 6.45) is 2.40. The predicted octanol–water partition coefficient (Wildman–Crippen LogP) is 5.01. The first-order valence-corrected chi connectivity index (χ1v) is 14.6. The van der Waals surface area contributed by atoms with Crippen molar-refractivity contribution in [1.82, 2.24) is 19.9 Å². The van der Waals surface area contributed by atoms with E-state index in [4.69, 9.17) is 9.47 Å². The molecule has 4 aromatic rings. The van der Waals surface area contributed by atoms with Crippen LogP contribution in [-0.4, -0.2) is 87.3 Å². The van der Waals surface area contributed by atoms with Crippen LogP contribution in [-0.2, 0) is 0 Å². The van der Waals surface area contributed by atoms with Gasteiger partial charge >= 0.3 is 6.01 Å². The molecule has 2 aromatic carbocycles. The minimum Gasteiger partial charge on any atom is -0.508 e. The van der Waals surface area contributed by atoms with Crippen LogP contribution < -0.4 is 14.4 Å². The Morgan fingerprint density at radius 3 is 2.80 bits per heavy atom. The zero-order valence-electron chi connectivity index (χ0n) is 24.4. The van der Waals surface area contributed by atoms with Crippen LogP contribution >= 0.6 is 0 Å². The smallest absolute Gasteiger partial charge is 0.319 e. The number of likely N-dealkylation sites (N-methyl/N-ethyl adjacent to an activating group) is 1. The van der Waals surface area contributed by atoms with E-state index in [0.29, 0.717) is 23.7 Å². The molecule has 0 aliphatic carbocycles. The number of pyridine rings is 1. The fourth-order valence-corrected chi connectivity index (χ4v) is 6.91. The Hall–Kier alpha value is -4.16. The maximum absolute atomic E-state index is 16.8. The van der Waals surface area contributed by atoms with E-state index in [-0.39, 0.29) is 71.0 Å². The fourth-order valence-electron chi connectivity index (χ4n) is 6.91. The molecule has 0 unspecified atom stereocenters. The predicted molar refractivity (Wildman–Crippen MR) is 160 cm³/mol. The molecule has 12 heteroatoms. The number of aromatic nitrogens is 3. The molecule has 2 fully saturated rings. The maximum atomic E-state index is 16.8. The second-order valence-electron chi connectivity index (χ2n) is 12.3. The van der Waals surface area contributed by atoms with Crippen molar-refractivity contribution < 1.29 is 32.9 Å². The Bertz CT molecular complexity index is 1840. The van der Waals surface area contributed by atoms with Crippen LogP contribution in [0.1, 0.15) is 31.7 Å². The lowest BCUT2D eigenvalue weighted by Gasteiger charge is -2.36. The highest BCUT2D eigenvalue weighted by Crippen LogP contribution is 2.45. The van der Waals surface area contributed by atoms with Crippen molar-refractivity contribution in [1.29, 1.82) is 0 Å². The number of aliphatic hydroxyl groups excluding tert-OH is 1. The Morgan fingerprint density at radius 2 is 2.02 bits per heavy atom. The number of aromatic hydroxyl groups is 1. The van der Waals surface area contributed by atoms with Crippen molar-refractivity contribution in [3.05, 3.63) is 48.0 Å². The topological polar surface area (TPSA) is 104 Å². The summed E-state index contributed by atoms with van der Waals surface area (Å²) < 4.78 is 58.4. The van der Waals surface area contributed by atoms with E-state index in [1.807, 2.05) is 0 Å². The minimum atomic E-state index is -0.972. The standard InChI is InChI=1S/C32H32F3N5O4/c1-4-20-22(34)7-6-17-10-19(42)11-21(23(17)20)26-25(35)27-24-28(39(3)31(2,14-41)15-43-29(24)36-26)38-30(37-27)44-16-32-8-5-9-40(32)13-18(33)12-32/h4,6-7,10-11,18,41-42H,1,5,8-9,12-16H2,2-3H3/t18-,31-,32+/m1/s1. The van der Waals surface area contributed by atoms with E-state index in [0.717, 1.165) is 19.4 Å². The summed E-state index contributed by atoms with van der Waals surface area (Å²) >= 11 is 0. The summed E-state index contributed by atoms with van der Waals surface area (Å²) in [4.78, 5) is 17.4. The number of nitrogens with zero attached hydrogens (tertiary/aromatic N) is 5. The lowest BCUT2D eigenvalue weighted by molar-refractivity contribution is 0.107. The number of benzene rings is 2. The van der Waals surface area contributed by atoms with Crippen molar-refractivity contribution in [3.8, 4) is 28.9 Å². The highest BCUT2D eigenvalue weighted by molar-refractivity contribution is 6.05. The second kappa shape index (κ2) is 10.2. The molecule has 3 atom stereocenters. The zero-order chi connectivity index (χ0) is 31.0. The number of rotatable bonds is 6. The molecule has 44 heavy (non-hydrogen) atoms. The maximum Gasteiger partial charge on any atom is 0.319 e. The molecule has 0 bridgehead atoms. The first kappa shape index (κ1) is 28.6. The van der Waals surface area contributed by atoms with E-state index in [1.165, 1.54) is 30.3 Å². The third-order valence-electron chi connectivity index (χ3n) is 9.48. The monoisotopic (exact) mass is 607 g/mol. The molecule has 5 heterocycles. The molecule has 2 N–H and O–H groups in total. The molecule has 0 saturated carbocycles. The molecule has 0 spiro atoms. The number of phenols is 1. The van der Waals surface area contributed by atoms with Gasteiger partial charge in [-0.25, -0.2) is 18.2 Å². The molecular formula is C32H32F3N5O4. The molecule has 2 saturated heterocycles. The van der Waals surface area contributed by atoms with Gasteiger partial charge in [-0.2, -0.15) is 9.97 Å². The third-order valence-corrected chi connectivity index (χ3v) is 9.48. The Labute approximate surface area is 251 Å². The van der Waals surface area contributed by atoms with Gasteiger partial charge in [-0.05, 0) is 49.9 Å². The normalized spacial score (nSPS) is 24.9. The summed E-state index contributed by atoms with van der Waals surface area (Å²) in [7, 11) is 1.70. The molecule has 230 valence electrons. The van der Waals surface area contributed by atoms with E-state index < -0.39 is 28.9 Å². The van der Waals surface area contributed by atoms with E-state index >= 15 is 4.39 Å². The van der Waals surface area contributed by atoms with Gasteiger partial charge in [0.1, 0.15) is 53.4 Å². The van der Waals surface area contributed by atoms with Crippen LogP contribution in [0, 0.1) is 11.6 Å². The average Bonchev–Trinajstić information content (AvgIpc) is 3.51. The van der Waals surface area contributed by atoms with Gasteiger partial charge in [-0.15, -0.1) is 0 Å². The molecule has 3 aliphatic heterocycles. The van der Waals surface area contributed by atoms with Gasteiger partial charge in [-0.3, -0.25) is 4.90 Å². The number of phenolic OH excluding ortho intramolecular Hbond substituents is 1. The Balaban J connectivity index is 1.45. The molecular weight excluding hydrogens is 575 g/mol. The van der Waals surface area contributed by atoms with Crippen molar-refractivity contribution in [2.45, 2.75) is 43.4 Å². The zero-order valence-corrected chi connectivity index (χ0v) is 24.4. The van der Waals surface area contributed by atoms with Gasteiger partial charge < -0.3 is 24.6 Å². The van der Waals surface area contributed by atoms with Gasteiger partial charge in [0, 0.05) is 36.5 Å². The highest BCUT2D eigenvalue weighted by atomic mass is 19.1. The second-order valence-corrected chi connectivity index (χ2v) is 12.3. The molecule has 7 rings (SSSR count). The van der Waals surface area contributed by atoms with Gasteiger partial charge in [0.05, 0.1) is 17.7 Å². The van der Waals surface area contributed by atoms with Gasteiger partial charge in [0.2, 0.25) is 5.88 Å². The Kier molecular flexibility index (Phi) is 6.63. The molecule has 0 radical (unpaired) electrons. The lowest BCUT2D eigenvalue weighted by Crippen LogP contribution is -2.51. The average molecular weight is 608 g/mol. The number of fused-ring (bicyclic) bond motifs is 2. The van der Waals surface area contributed by atoms with E-state index in [1.54, 1.807) is 18.9 Å². The van der Waals surface area contributed by atoms with Gasteiger partial charge in [-0.1, -0.05) is 18.7 Å². The highest BCUT2D eigenvalue weighted by Gasteiger charge is 2.49. The molecule has 9 nitrogen and oxygen atoms in total. The van der Waals surface area contributed by atoms with Gasteiger partial charge in [0.15, 0.2) is 5.82 Å². The Morgan fingerprint density at radius 1 is 1.20 bits per heavy atom. The van der Waals surface area contributed by atoms with Crippen LogP contribution in [0.2, 0.25) is 0 Å². The van der Waals surface area contributed by atoms with Crippen LogP contribution in [0.15, 0.2) is 30.8 Å². The number of aliphatic hydroxyl groups is 1. The fraction of sp³-hybridized carbons (Fsp3) is 0.406. The molecule has 2 aromatic heterocycles. The first-order valence-electron chi connectivity index (χ1n) is 14.6. The van der Waals surface area contributed by atoms with Crippen molar-refractivity contribution in [3.63, 3.8) is 0 Å². The van der Waals surface area contributed by atoms with Crippen LogP contribution in [0.25, 0.3) is 39.0 Å². The van der Waals surface area contributed by atoms with Gasteiger partial charge in [0.25, 0.3) is 0 Å². The summed E-state index contributed by atoms with van der Waals surface area (Å²) in [5.74, 6) is -1.37. The number of anilines is 1. The van der Waals surface area contributed by atoms with Crippen molar-refractivity contribution >= 4 is 33.6 Å². The number of ether oxygens (including phenoxy) is 2. The first-order chi connectivity index (χ1) is 21.1. The molecule has 3 aliphatic rings. The third kappa shape index (κ3) is 4.26. The number of halogens is 3. The van der Waals surface area contributed by atoms with Crippen LogP contribution in [0.5, 0.6) is 17.6 Å². The van der Waals surface area contributed by atoms with Crippen LogP contribution in [0.4, 0.5) is 19.0 Å². The van der Waals surface area contributed by atoms with Crippen molar-refractivity contribution in [2.75, 3.05) is 44.9 Å². The lowest BCUT2D eigenvalue weighted by atomic mass is 9.95. The SMILES string of the molecule is C=Cc1c(F)ccc2cc(O)cc(-c3nc4c5c(nc(OC[C@@]67CCCN6C[C@H](F)C7)nc5c3F)N(C)[C@](C)(CO)CO4)c12. The summed E-state index contributed by atoms with van der Waals surface area (Å²) in [6, 6.07) is 5.36. The summed E-state index contributed by atoms with van der Waals surface area (Å²) in [6.45, 7) is 6.41. The summed E-state index contributed by atoms with van der Waals surface area (Å²) in [5, 5.41) is 21.8. The quantitative estimate of drug-likeness (QED) is 0.313. The van der Waals surface area contributed by atoms with Crippen molar-refractivity contribution in [2.24, 2.45) is 0 Å². The largest absolute Gasteiger partial charge is 0.508 e. The van der Waals surface area contributed by atoms with E-state index in [9.17, 15) is 19.0 Å². The molecule has 0 amide bonds. The number of hydrogen-bond acceptors (Lipinski definition) is 9.